The molecule has 2 unspecified atom stereocenters. The first-order chi connectivity index (χ1) is 12.6. The Morgan fingerprint density at radius 1 is 1.04 bits per heavy atom. The van der Waals surface area contributed by atoms with E-state index in [1.807, 2.05) is 13.8 Å². The third kappa shape index (κ3) is 16.1. The lowest BCUT2D eigenvalue weighted by Crippen LogP contribution is -2.39. The lowest BCUT2D eigenvalue weighted by Gasteiger charge is -2.24. The molecule has 28 heavy (non-hydrogen) atoms. The van der Waals surface area contributed by atoms with Crippen LogP contribution in [0.25, 0.3) is 0 Å². The van der Waals surface area contributed by atoms with Gasteiger partial charge < -0.3 is 28.5 Å². The van der Waals surface area contributed by atoms with Gasteiger partial charge >= 0.3 is 12.1 Å². The average Bonchev–Trinajstić information content (AvgIpc) is 2.62. The first-order valence-corrected chi connectivity index (χ1v) is 8.53. The van der Waals surface area contributed by atoms with Crippen LogP contribution in [0.2, 0.25) is 0 Å². The average molecular weight is 413 g/mol. The van der Waals surface area contributed by atoms with E-state index in [0.717, 1.165) is 0 Å². The molecule has 0 aromatic carbocycles. The summed E-state index contributed by atoms with van der Waals surface area (Å²) in [6, 6.07) is 0. The van der Waals surface area contributed by atoms with Gasteiger partial charge in [0.15, 0.2) is 5.60 Å². The van der Waals surface area contributed by atoms with E-state index in [4.69, 9.17) is 23.7 Å². The predicted molar refractivity (Wildman–Crippen MR) is 100 cm³/mol. The van der Waals surface area contributed by atoms with Crippen LogP contribution in [0.4, 0.5) is 4.79 Å². The molecule has 0 aromatic rings. The van der Waals surface area contributed by atoms with Gasteiger partial charge in [0, 0.05) is 7.11 Å². The van der Waals surface area contributed by atoms with Crippen LogP contribution < -0.4 is 0 Å². The van der Waals surface area contributed by atoms with Gasteiger partial charge in [-0.3, -0.25) is 0 Å². The first-order valence-electron chi connectivity index (χ1n) is 8.53. The number of methoxy groups -OCH3 is 1. The number of ether oxygens (including phenoxy) is 5. The number of hydrogen-bond acceptors (Lipinski definition) is 10. The number of esters is 1. The van der Waals surface area contributed by atoms with Crippen LogP contribution in [0.3, 0.4) is 0 Å². The minimum Gasteiger partial charge on any atom is -0.461 e. The molecular formula is C17H35NO10. The van der Waals surface area contributed by atoms with Gasteiger partial charge in [0.1, 0.15) is 25.9 Å². The molecular weight excluding hydrogens is 378 g/mol. The van der Waals surface area contributed by atoms with Gasteiger partial charge in [-0.15, -0.1) is 10.1 Å². The smallest absolute Gasteiger partial charge is 0.461 e. The van der Waals surface area contributed by atoms with Crippen LogP contribution >= 0.6 is 0 Å². The molecule has 0 saturated heterocycles. The van der Waals surface area contributed by atoms with E-state index in [0.29, 0.717) is 0 Å². The van der Waals surface area contributed by atoms with Crippen LogP contribution in [0.1, 0.15) is 49.0 Å². The second-order valence-corrected chi connectivity index (χ2v) is 5.55. The molecule has 0 N–H and O–H groups in total. The maximum absolute atomic E-state index is 11.9. The molecule has 0 aliphatic carbocycles. The molecule has 11 heteroatoms. The maximum atomic E-state index is 11.9. The summed E-state index contributed by atoms with van der Waals surface area (Å²) in [7, 11) is 1.50. The van der Waals surface area contributed by atoms with Crippen molar-refractivity contribution in [2.24, 2.45) is 0 Å². The maximum Gasteiger partial charge on any atom is 0.508 e. The van der Waals surface area contributed by atoms with Gasteiger partial charge in [-0.05, 0) is 27.7 Å². The van der Waals surface area contributed by atoms with Gasteiger partial charge in [-0.2, -0.15) is 0 Å². The lowest BCUT2D eigenvalue weighted by atomic mass is 10.1. The van der Waals surface area contributed by atoms with Crippen molar-refractivity contribution in [3.05, 3.63) is 10.1 Å². The highest BCUT2D eigenvalue weighted by molar-refractivity contribution is 5.78. The highest BCUT2D eigenvalue weighted by Gasteiger charge is 2.30. The van der Waals surface area contributed by atoms with Crippen molar-refractivity contribution >= 4 is 12.1 Å². The summed E-state index contributed by atoms with van der Waals surface area (Å²) < 4.78 is 24.8. The zero-order valence-corrected chi connectivity index (χ0v) is 17.0. The van der Waals surface area contributed by atoms with Crippen LogP contribution in [-0.2, 0) is 33.3 Å². The molecule has 0 aromatic heterocycles. The van der Waals surface area contributed by atoms with Crippen molar-refractivity contribution < 1.29 is 43.2 Å². The zero-order valence-electron chi connectivity index (χ0n) is 17.0. The summed E-state index contributed by atoms with van der Waals surface area (Å²) in [5.74, 6) is -0.579. The van der Waals surface area contributed by atoms with Crippen molar-refractivity contribution in [3.8, 4) is 0 Å². The molecule has 0 bridgehead atoms. The molecule has 2 atom stereocenters. The summed E-state index contributed by atoms with van der Waals surface area (Å²) in [5, 5.41) is 9.01. The molecule has 0 aliphatic heterocycles. The summed E-state index contributed by atoms with van der Waals surface area (Å²) in [6.45, 7) is 9.63. The summed E-state index contributed by atoms with van der Waals surface area (Å²) in [5.41, 5.74) is -1.23. The Bertz CT molecular complexity index is 442. The summed E-state index contributed by atoms with van der Waals surface area (Å²) in [6.07, 6.45) is -2.12. The lowest BCUT2D eigenvalue weighted by molar-refractivity contribution is -0.759. The fourth-order valence-electron chi connectivity index (χ4n) is 1.31. The monoisotopic (exact) mass is 413 g/mol. The minimum absolute atomic E-state index is 0. The Kier molecular flexibility index (Phi) is 18.6. The van der Waals surface area contributed by atoms with Gasteiger partial charge in [-0.1, -0.05) is 21.3 Å². The molecule has 0 aliphatic rings. The van der Waals surface area contributed by atoms with Crippen molar-refractivity contribution in [3.63, 3.8) is 0 Å². The molecule has 0 spiro atoms. The largest absolute Gasteiger partial charge is 0.508 e. The quantitative estimate of drug-likeness (QED) is 0.203. The fraction of sp³-hybridized carbons (Fsp3) is 0.882. The van der Waals surface area contributed by atoms with Gasteiger partial charge in [0.05, 0.1) is 12.7 Å². The van der Waals surface area contributed by atoms with E-state index in [1.54, 1.807) is 6.92 Å². The van der Waals surface area contributed by atoms with Gasteiger partial charge in [0.2, 0.25) is 0 Å². The fourth-order valence-corrected chi connectivity index (χ4v) is 1.31. The SMILES string of the molecule is C.CC.COC(C)COC(=O)C(C)(C)OCCOC(=O)OC(C)CO[N+](=O)[O-]. The second kappa shape index (κ2) is 17.0. The van der Waals surface area contributed by atoms with Crippen LogP contribution in [0.15, 0.2) is 0 Å². The molecule has 11 nitrogen and oxygen atoms in total. The van der Waals surface area contributed by atoms with Gasteiger partial charge in [0.25, 0.3) is 5.09 Å². The van der Waals surface area contributed by atoms with Crippen LogP contribution in [0.5, 0.6) is 0 Å². The van der Waals surface area contributed by atoms with Crippen LogP contribution in [-0.4, -0.2) is 68.6 Å². The highest BCUT2D eigenvalue weighted by atomic mass is 17.0. The Balaban J connectivity index is -0.00000201. The molecule has 168 valence electrons. The first kappa shape index (κ1) is 30.6. The Morgan fingerprint density at radius 2 is 1.61 bits per heavy atom. The van der Waals surface area contributed by atoms with E-state index in [2.05, 4.69) is 4.84 Å². The summed E-state index contributed by atoms with van der Waals surface area (Å²) >= 11 is 0. The third-order valence-electron chi connectivity index (χ3n) is 2.82. The van der Waals surface area contributed by atoms with E-state index in [1.165, 1.54) is 27.9 Å². The molecule has 0 rings (SSSR count). The second-order valence-electron chi connectivity index (χ2n) is 5.55. The van der Waals surface area contributed by atoms with Crippen molar-refractivity contribution in [2.75, 3.05) is 33.5 Å². The minimum atomic E-state index is -1.23. The molecule has 0 saturated carbocycles. The number of carbonyl (C=O) groups excluding carboxylic acids is 2. The van der Waals surface area contributed by atoms with Crippen molar-refractivity contribution in [1.29, 1.82) is 0 Å². The highest BCUT2D eigenvalue weighted by Crippen LogP contribution is 2.12. The number of nitrogens with zero attached hydrogens (tertiary/aromatic N) is 1. The van der Waals surface area contributed by atoms with Crippen LogP contribution in [0, 0.1) is 10.1 Å². The number of hydrogen-bond donors (Lipinski definition) is 0. The zero-order chi connectivity index (χ0) is 21.5. The van der Waals surface area contributed by atoms with E-state index in [-0.39, 0.29) is 33.4 Å². The standard InChI is InChI=1S/C14H25NO10.C2H6.CH4/c1-10(20-5)8-22-12(16)14(3,4)23-7-6-21-13(17)25-11(2)9-24-15(18)19;1-2;/h10-11H,6-9H2,1-5H3;1-2H3;1H4. The Hall–Kier alpha value is -2.14. The summed E-state index contributed by atoms with van der Waals surface area (Å²) in [4.78, 5) is 37.3. The number of carbonyl (C=O) groups is 2. The van der Waals surface area contributed by atoms with Crippen molar-refractivity contribution in [2.45, 2.75) is 66.8 Å². The predicted octanol–water partition coefficient (Wildman–Crippen LogP) is 2.77. The Morgan fingerprint density at radius 3 is 2.11 bits per heavy atom. The topological polar surface area (TPSA) is 133 Å². The van der Waals surface area contributed by atoms with E-state index >= 15 is 0 Å². The molecule has 0 amide bonds. The molecule has 0 radical (unpaired) electrons. The third-order valence-corrected chi connectivity index (χ3v) is 2.82. The van der Waals surface area contributed by atoms with Crippen molar-refractivity contribution in [1.82, 2.24) is 0 Å². The number of rotatable bonds is 12. The Labute approximate surface area is 166 Å². The van der Waals surface area contributed by atoms with E-state index < -0.39 is 35.5 Å². The van der Waals surface area contributed by atoms with Gasteiger partial charge in [-0.25, -0.2) is 9.59 Å². The molecule has 0 heterocycles. The van der Waals surface area contributed by atoms with E-state index in [9.17, 15) is 19.7 Å². The molecule has 0 fully saturated rings. The normalized spacial score (nSPS) is 12.2.